The number of nitrogens with one attached hydrogen (secondary N) is 1. The van der Waals surface area contributed by atoms with Crippen molar-refractivity contribution in [2.24, 2.45) is 0 Å². The number of hydrogen-bond donors (Lipinski definition) is 2. The Hall–Kier alpha value is -1.91. The highest BCUT2D eigenvalue weighted by molar-refractivity contribution is 5.96. The second-order valence-electron chi connectivity index (χ2n) is 3.60. The second-order valence-corrected chi connectivity index (χ2v) is 3.60. The largest absolute Gasteiger partial charge is 0.480 e. The Morgan fingerprint density at radius 1 is 1.40 bits per heavy atom. The van der Waals surface area contributed by atoms with Gasteiger partial charge in [-0.05, 0) is 26.0 Å². The fourth-order valence-corrected chi connectivity index (χ4v) is 0.898. The van der Waals surface area contributed by atoms with Crippen LogP contribution in [0.5, 0.6) is 0 Å². The number of rotatable bonds is 3. The molecule has 0 unspecified atom stereocenters. The summed E-state index contributed by atoms with van der Waals surface area (Å²) in [7, 11) is 0. The van der Waals surface area contributed by atoms with Crippen LogP contribution < -0.4 is 5.32 Å². The minimum absolute atomic E-state index is 0.201. The molecule has 0 radical (unpaired) electrons. The van der Waals surface area contributed by atoms with Crippen molar-refractivity contribution in [2.45, 2.75) is 19.4 Å². The molecule has 1 rings (SSSR count). The smallest absolute Gasteiger partial charge is 0.328 e. The van der Waals surface area contributed by atoms with Gasteiger partial charge in [0.2, 0.25) is 0 Å². The first kappa shape index (κ1) is 11.2. The molecular formula is C10H12N2O3. The van der Waals surface area contributed by atoms with Crippen molar-refractivity contribution in [3.8, 4) is 0 Å². The molecule has 80 valence electrons. The number of hydrogen-bond acceptors (Lipinski definition) is 3. The van der Waals surface area contributed by atoms with Crippen LogP contribution >= 0.6 is 0 Å². The van der Waals surface area contributed by atoms with Gasteiger partial charge < -0.3 is 10.4 Å². The molecule has 0 atom stereocenters. The molecule has 0 aliphatic carbocycles. The zero-order valence-electron chi connectivity index (χ0n) is 8.52. The lowest BCUT2D eigenvalue weighted by Gasteiger charge is -2.20. The van der Waals surface area contributed by atoms with E-state index in [9.17, 15) is 9.59 Å². The molecule has 0 bridgehead atoms. The molecule has 15 heavy (non-hydrogen) atoms. The second kappa shape index (κ2) is 4.08. The molecular weight excluding hydrogens is 196 g/mol. The van der Waals surface area contributed by atoms with E-state index in [0.717, 1.165) is 0 Å². The molecule has 1 heterocycles. The summed E-state index contributed by atoms with van der Waals surface area (Å²) in [6.07, 6.45) is 1.47. The molecule has 1 aromatic rings. The summed E-state index contributed by atoms with van der Waals surface area (Å²) < 4.78 is 0. The standard InChI is InChI=1S/C10H12N2O3/c1-10(2,9(14)15)12-8(13)7-5-3-4-6-11-7/h3-6H,1-2H3,(H,12,13)(H,14,15). The Kier molecular flexibility index (Phi) is 3.04. The van der Waals surface area contributed by atoms with Crippen LogP contribution in [0.1, 0.15) is 24.3 Å². The summed E-state index contributed by atoms with van der Waals surface area (Å²) in [6, 6.07) is 4.86. The number of carbonyl (C=O) groups excluding carboxylic acids is 1. The molecule has 5 nitrogen and oxygen atoms in total. The van der Waals surface area contributed by atoms with Gasteiger partial charge >= 0.3 is 5.97 Å². The number of carboxylic acids is 1. The normalized spacial score (nSPS) is 10.8. The fraction of sp³-hybridized carbons (Fsp3) is 0.300. The van der Waals surface area contributed by atoms with E-state index in [4.69, 9.17) is 5.11 Å². The first-order valence-electron chi connectivity index (χ1n) is 4.40. The Morgan fingerprint density at radius 3 is 2.53 bits per heavy atom. The predicted octanol–water partition coefficient (Wildman–Crippen LogP) is 0.675. The third-order valence-electron chi connectivity index (χ3n) is 1.86. The number of aromatic nitrogens is 1. The summed E-state index contributed by atoms with van der Waals surface area (Å²) >= 11 is 0. The van der Waals surface area contributed by atoms with E-state index in [1.807, 2.05) is 0 Å². The Bertz CT molecular complexity index is 374. The topological polar surface area (TPSA) is 79.3 Å². The van der Waals surface area contributed by atoms with Crippen LogP contribution in [0.4, 0.5) is 0 Å². The highest BCUT2D eigenvalue weighted by atomic mass is 16.4. The van der Waals surface area contributed by atoms with Crippen molar-refractivity contribution in [3.05, 3.63) is 30.1 Å². The van der Waals surface area contributed by atoms with Gasteiger partial charge in [0.05, 0.1) is 0 Å². The van der Waals surface area contributed by atoms with E-state index < -0.39 is 17.4 Å². The predicted molar refractivity (Wildman–Crippen MR) is 53.4 cm³/mol. The van der Waals surface area contributed by atoms with Crippen molar-refractivity contribution < 1.29 is 14.7 Å². The van der Waals surface area contributed by atoms with Crippen molar-refractivity contribution in [1.29, 1.82) is 0 Å². The number of carboxylic acid groups (broad SMARTS) is 1. The van der Waals surface area contributed by atoms with Crippen molar-refractivity contribution in [1.82, 2.24) is 10.3 Å². The van der Waals surface area contributed by atoms with Crippen LogP contribution in [0.3, 0.4) is 0 Å². The summed E-state index contributed by atoms with van der Waals surface area (Å²) in [5.41, 5.74) is -1.10. The molecule has 5 heteroatoms. The van der Waals surface area contributed by atoms with E-state index in [0.29, 0.717) is 0 Å². The quantitative estimate of drug-likeness (QED) is 0.765. The third kappa shape index (κ3) is 2.77. The molecule has 0 aliphatic heterocycles. The molecule has 0 saturated carbocycles. The highest BCUT2D eigenvalue weighted by Crippen LogP contribution is 2.04. The van der Waals surface area contributed by atoms with Gasteiger partial charge in [-0.25, -0.2) is 4.79 Å². The Labute approximate surface area is 87.1 Å². The number of aliphatic carboxylic acids is 1. The highest BCUT2D eigenvalue weighted by Gasteiger charge is 2.29. The number of nitrogens with zero attached hydrogens (tertiary/aromatic N) is 1. The van der Waals surface area contributed by atoms with Gasteiger partial charge in [0.15, 0.2) is 0 Å². The summed E-state index contributed by atoms with van der Waals surface area (Å²) in [6.45, 7) is 2.83. The van der Waals surface area contributed by atoms with Crippen molar-refractivity contribution in [3.63, 3.8) is 0 Å². The number of carbonyl (C=O) groups is 2. The molecule has 1 aromatic heterocycles. The maximum Gasteiger partial charge on any atom is 0.328 e. The maximum atomic E-state index is 11.5. The van der Waals surface area contributed by atoms with Crippen LogP contribution in [-0.2, 0) is 4.79 Å². The average Bonchev–Trinajstić information content (AvgIpc) is 2.18. The van der Waals surface area contributed by atoms with E-state index in [2.05, 4.69) is 10.3 Å². The molecule has 0 fully saturated rings. The lowest BCUT2D eigenvalue weighted by molar-refractivity contribution is -0.143. The number of amides is 1. The molecule has 1 amide bonds. The fourth-order valence-electron chi connectivity index (χ4n) is 0.898. The van der Waals surface area contributed by atoms with Crippen LogP contribution in [0.15, 0.2) is 24.4 Å². The minimum atomic E-state index is -1.30. The van der Waals surface area contributed by atoms with Crippen LogP contribution in [-0.4, -0.2) is 27.5 Å². The minimum Gasteiger partial charge on any atom is -0.480 e. The molecule has 2 N–H and O–H groups in total. The molecule has 0 aromatic carbocycles. The molecule has 0 spiro atoms. The first-order chi connectivity index (χ1) is 6.93. The first-order valence-corrected chi connectivity index (χ1v) is 4.40. The molecule has 0 aliphatic rings. The van der Waals surface area contributed by atoms with Gasteiger partial charge in [0, 0.05) is 6.20 Å². The van der Waals surface area contributed by atoms with E-state index in [-0.39, 0.29) is 5.69 Å². The maximum absolute atomic E-state index is 11.5. The van der Waals surface area contributed by atoms with Gasteiger partial charge in [-0.2, -0.15) is 0 Å². The van der Waals surface area contributed by atoms with E-state index in [1.54, 1.807) is 12.1 Å². The van der Waals surface area contributed by atoms with Gasteiger partial charge in [0.1, 0.15) is 11.2 Å². The average molecular weight is 208 g/mol. The number of pyridine rings is 1. The summed E-state index contributed by atoms with van der Waals surface area (Å²) in [5, 5.41) is 11.2. The lowest BCUT2D eigenvalue weighted by atomic mass is 10.1. The monoisotopic (exact) mass is 208 g/mol. The van der Waals surface area contributed by atoms with Gasteiger partial charge in [-0.15, -0.1) is 0 Å². The van der Waals surface area contributed by atoms with E-state index in [1.165, 1.54) is 26.1 Å². The Morgan fingerprint density at radius 2 is 2.07 bits per heavy atom. The van der Waals surface area contributed by atoms with Crippen LogP contribution in [0.2, 0.25) is 0 Å². The third-order valence-corrected chi connectivity index (χ3v) is 1.86. The molecule has 0 saturated heterocycles. The van der Waals surface area contributed by atoms with Crippen LogP contribution in [0, 0.1) is 0 Å². The van der Waals surface area contributed by atoms with Gasteiger partial charge in [-0.1, -0.05) is 6.07 Å². The zero-order valence-corrected chi connectivity index (χ0v) is 8.52. The van der Waals surface area contributed by atoms with Crippen LogP contribution in [0.25, 0.3) is 0 Å². The lowest BCUT2D eigenvalue weighted by Crippen LogP contribution is -2.49. The summed E-state index contributed by atoms with van der Waals surface area (Å²) in [4.78, 5) is 26.1. The van der Waals surface area contributed by atoms with Crippen molar-refractivity contribution >= 4 is 11.9 Å². The van der Waals surface area contributed by atoms with E-state index >= 15 is 0 Å². The zero-order chi connectivity index (χ0) is 11.5. The van der Waals surface area contributed by atoms with Gasteiger partial charge in [0.25, 0.3) is 5.91 Å². The SMILES string of the molecule is CC(C)(NC(=O)c1ccccn1)C(=O)O. The Balaban J connectivity index is 2.77. The summed E-state index contributed by atoms with van der Waals surface area (Å²) in [5.74, 6) is -1.59. The van der Waals surface area contributed by atoms with Crippen molar-refractivity contribution in [2.75, 3.05) is 0 Å². The van der Waals surface area contributed by atoms with Gasteiger partial charge in [-0.3, -0.25) is 9.78 Å².